The summed E-state index contributed by atoms with van der Waals surface area (Å²) in [7, 11) is 0. The molecule has 0 atom stereocenters. The fraction of sp³-hybridized carbons (Fsp3) is 0.333. The average Bonchev–Trinajstić information content (AvgIpc) is 3.01. The number of aromatic nitrogens is 2. The average molecular weight is 369 g/mol. The van der Waals surface area contributed by atoms with Crippen LogP contribution in [-0.2, 0) is 0 Å². The lowest BCUT2D eigenvalue weighted by atomic mass is 10.1. The van der Waals surface area contributed by atoms with Crippen LogP contribution in [0.3, 0.4) is 0 Å². The van der Waals surface area contributed by atoms with E-state index in [4.69, 9.17) is 0 Å². The molecule has 8 heteroatoms. The number of thiophene rings is 1. The minimum Gasteiger partial charge on any atom is -0.368 e. The molecule has 2 aromatic heterocycles. The Morgan fingerprint density at radius 1 is 1.08 bits per heavy atom. The van der Waals surface area contributed by atoms with Crippen LogP contribution >= 0.6 is 11.3 Å². The molecule has 1 fully saturated rings. The summed E-state index contributed by atoms with van der Waals surface area (Å²) in [5.41, 5.74) is 1.90. The molecule has 3 aromatic rings. The van der Waals surface area contributed by atoms with Crippen LogP contribution in [-0.4, -0.2) is 41.1 Å². The van der Waals surface area contributed by atoms with Crippen LogP contribution in [0, 0.1) is 24.0 Å². The molecule has 0 N–H and O–H groups in total. The predicted molar refractivity (Wildman–Crippen MR) is 104 cm³/mol. The Hall–Kier alpha value is -2.74. The van der Waals surface area contributed by atoms with Crippen LogP contribution in [0.2, 0.25) is 0 Å². The molecule has 1 aliphatic heterocycles. The molecule has 134 valence electrons. The summed E-state index contributed by atoms with van der Waals surface area (Å²) in [6, 6.07) is 7.49. The number of hydrogen-bond donors (Lipinski definition) is 0. The van der Waals surface area contributed by atoms with Crippen molar-refractivity contribution in [1.82, 2.24) is 9.97 Å². The minimum atomic E-state index is -0.333. The molecule has 7 nitrogen and oxygen atoms in total. The van der Waals surface area contributed by atoms with Gasteiger partial charge in [0.05, 0.1) is 10.3 Å². The van der Waals surface area contributed by atoms with Crippen molar-refractivity contribution < 1.29 is 4.92 Å². The highest BCUT2D eigenvalue weighted by molar-refractivity contribution is 7.18. The molecule has 4 rings (SSSR count). The number of nitro groups is 1. The van der Waals surface area contributed by atoms with E-state index in [1.807, 2.05) is 12.1 Å². The topological polar surface area (TPSA) is 75.4 Å². The fourth-order valence-corrected chi connectivity index (χ4v) is 4.27. The van der Waals surface area contributed by atoms with E-state index in [-0.39, 0.29) is 10.6 Å². The van der Waals surface area contributed by atoms with Gasteiger partial charge >= 0.3 is 0 Å². The summed E-state index contributed by atoms with van der Waals surface area (Å²) in [6.07, 6.45) is 1.64. The molecule has 0 unspecified atom stereocenters. The first-order chi connectivity index (χ1) is 12.5. The normalized spacial score (nSPS) is 14.8. The molecule has 3 heterocycles. The van der Waals surface area contributed by atoms with Gasteiger partial charge in [-0.2, -0.15) is 0 Å². The Labute approximate surface area is 155 Å². The summed E-state index contributed by atoms with van der Waals surface area (Å²) < 4.78 is 0. The van der Waals surface area contributed by atoms with Crippen LogP contribution in [0.15, 0.2) is 30.6 Å². The first-order valence-electron chi connectivity index (χ1n) is 8.49. The third-order valence-electron chi connectivity index (χ3n) is 4.75. The van der Waals surface area contributed by atoms with Crippen molar-refractivity contribution in [3.8, 4) is 0 Å². The van der Waals surface area contributed by atoms with Crippen molar-refractivity contribution in [1.29, 1.82) is 0 Å². The number of nitrogens with zero attached hydrogens (tertiary/aromatic N) is 5. The van der Waals surface area contributed by atoms with Crippen molar-refractivity contribution in [3.63, 3.8) is 0 Å². The van der Waals surface area contributed by atoms with Gasteiger partial charge in [0.1, 0.15) is 17.0 Å². The van der Waals surface area contributed by atoms with Crippen LogP contribution in [0.5, 0.6) is 0 Å². The van der Waals surface area contributed by atoms with Gasteiger partial charge in [0, 0.05) is 48.4 Å². The summed E-state index contributed by atoms with van der Waals surface area (Å²) in [6.45, 7) is 7.30. The molecule has 1 aromatic carbocycles. The summed E-state index contributed by atoms with van der Waals surface area (Å²) in [5, 5.41) is 12.1. The molecule has 1 saturated heterocycles. The number of piperazine rings is 1. The second-order valence-corrected chi connectivity index (χ2v) is 7.71. The maximum atomic E-state index is 11.0. The molecule has 0 aliphatic carbocycles. The molecule has 0 saturated carbocycles. The van der Waals surface area contributed by atoms with E-state index < -0.39 is 0 Å². The molecule has 0 spiro atoms. The lowest BCUT2D eigenvalue weighted by Crippen LogP contribution is -2.46. The first-order valence-corrected chi connectivity index (χ1v) is 9.30. The van der Waals surface area contributed by atoms with E-state index >= 15 is 0 Å². The Kier molecular flexibility index (Phi) is 4.20. The van der Waals surface area contributed by atoms with Crippen molar-refractivity contribution in [2.75, 3.05) is 36.0 Å². The lowest BCUT2D eigenvalue weighted by Gasteiger charge is -2.37. The summed E-state index contributed by atoms with van der Waals surface area (Å²) in [5.74, 6) is 0.999. The number of benzene rings is 1. The monoisotopic (exact) mass is 369 g/mol. The van der Waals surface area contributed by atoms with E-state index in [0.29, 0.717) is 5.56 Å². The molecule has 0 amide bonds. The molecular formula is C18H19N5O2S. The molecular weight excluding hydrogens is 350 g/mol. The van der Waals surface area contributed by atoms with Gasteiger partial charge in [-0.3, -0.25) is 10.1 Å². The van der Waals surface area contributed by atoms with Crippen molar-refractivity contribution in [3.05, 3.63) is 51.1 Å². The van der Waals surface area contributed by atoms with Gasteiger partial charge in [-0.15, -0.1) is 11.3 Å². The quantitative estimate of drug-likeness (QED) is 0.519. The van der Waals surface area contributed by atoms with E-state index in [1.54, 1.807) is 30.7 Å². The zero-order chi connectivity index (χ0) is 18.3. The van der Waals surface area contributed by atoms with Crippen LogP contribution in [0.1, 0.15) is 10.4 Å². The Balaban J connectivity index is 1.52. The largest absolute Gasteiger partial charge is 0.368 e. The molecule has 1 aliphatic rings. The standard InChI is InChI=1S/C18H19N5O2S/c1-12-9-14(3-4-16(12)23(24)25)21-5-7-22(8-6-21)17-15-10-13(2)26-18(15)20-11-19-17/h3-4,9-11H,5-8H2,1-2H3. The van der Waals surface area contributed by atoms with Gasteiger partial charge in [0.2, 0.25) is 0 Å². The molecule has 0 bridgehead atoms. The van der Waals surface area contributed by atoms with Crippen molar-refractivity contribution >= 4 is 38.7 Å². The predicted octanol–water partition coefficient (Wildman–Crippen LogP) is 3.54. The SMILES string of the molecule is Cc1cc2c(N3CCN(c4ccc([N+](=O)[O-])c(C)c4)CC3)ncnc2s1. The van der Waals surface area contributed by atoms with Gasteiger partial charge in [-0.25, -0.2) is 9.97 Å². The van der Waals surface area contributed by atoms with E-state index in [1.165, 1.54) is 4.88 Å². The Bertz CT molecular complexity index is 979. The van der Waals surface area contributed by atoms with Crippen LogP contribution < -0.4 is 9.80 Å². The first kappa shape index (κ1) is 16.7. The van der Waals surface area contributed by atoms with Crippen LogP contribution in [0.4, 0.5) is 17.2 Å². The Morgan fingerprint density at radius 2 is 1.81 bits per heavy atom. The second-order valence-electron chi connectivity index (χ2n) is 6.48. The number of hydrogen-bond acceptors (Lipinski definition) is 7. The highest BCUT2D eigenvalue weighted by atomic mass is 32.1. The van der Waals surface area contributed by atoms with E-state index in [0.717, 1.165) is 47.9 Å². The molecule has 0 radical (unpaired) electrons. The van der Waals surface area contributed by atoms with Crippen LogP contribution in [0.25, 0.3) is 10.2 Å². The fourth-order valence-electron chi connectivity index (χ4n) is 3.43. The summed E-state index contributed by atoms with van der Waals surface area (Å²) >= 11 is 1.69. The third-order valence-corrected chi connectivity index (χ3v) is 5.71. The van der Waals surface area contributed by atoms with Crippen molar-refractivity contribution in [2.45, 2.75) is 13.8 Å². The van der Waals surface area contributed by atoms with Crippen molar-refractivity contribution in [2.24, 2.45) is 0 Å². The highest BCUT2D eigenvalue weighted by Crippen LogP contribution is 2.31. The number of aryl methyl sites for hydroxylation is 2. The maximum absolute atomic E-state index is 11.0. The molecule has 26 heavy (non-hydrogen) atoms. The lowest BCUT2D eigenvalue weighted by molar-refractivity contribution is -0.385. The van der Waals surface area contributed by atoms with Gasteiger partial charge in [0.25, 0.3) is 5.69 Å². The second kappa shape index (κ2) is 6.53. The van der Waals surface area contributed by atoms with Gasteiger partial charge in [-0.05, 0) is 32.0 Å². The van der Waals surface area contributed by atoms with E-state index in [2.05, 4.69) is 32.8 Å². The number of nitro benzene ring substituents is 1. The number of fused-ring (bicyclic) bond motifs is 1. The van der Waals surface area contributed by atoms with E-state index in [9.17, 15) is 10.1 Å². The third kappa shape index (κ3) is 2.96. The number of anilines is 2. The smallest absolute Gasteiger partial charge is 0.272 e. The Morgan fingerprint density at radius 3 is 2.50 bits per heavy atom. The maximum Gasteiger partial charge on any atom is 0.272 e. The zero-order valence-electron chi connectivity index (χ0n) is 14.7. The zero-order valence-corrected chi connectivity index (χ0v) is 15.5. The minimum absolute atomic E-state index is 0.170. The van der Waals surface area contributed by atoms with Gasteiger partial charge < -0.3 is 9.80 Å². The van der Waals surface area contributed by atoms with Gasteiger partial charge in [0.15, 0.2) is 0 Å². The summed E-state index contributed by atoms with van der Waals surface area (Å²) in [4.78, 5) is 26.4. The van der Waals surface area contributed by atoms with Gasteiger partial charge in [-0.1, -0.05) is 0 Å². The highest BCUT2D eigenvalue weighted by Gasteiger charge is 2.22. The number of rotatable bonds is 3.